The Balaban J connectivity index is 1.53. The molecule has 0 saturated heterocycles. The van der Waals surface area contributed by atoms with Crippen LogP contribution in [-0.2, 0) is 11.2 Å². The number of imidazole rings is 1. The second-order valence-electron chi connectivity index (χ2n) is 7.04. The number of thiazole rings is 1. The largest absolute Gasteiger partial charge is 0.347 e. The molecule has 148 valence electrons. The van der Waals surface area contributed by atoms with Gasteiger partial charge in [-0.05, 0) is 37.6 Å². The molecule has 29 heavy (non-hydrogen) atoms. The molecule has 4 aromatic rings. The summed E-state index contributed by atoms with van der Waals surface area (Å²) in [6.07, 6.45) is 1.78. The van der Waals surface area contributed by atoms with Crippen LogP contribution in [0.1, 0.15) is 42.3 Å². The second kappa shape index (κ2) is 8.57. The van der Waals surface area contributed by atoms with Crippen molar-refractivity contribution < 1.29 is 4.79 Å². The molecule has 1 atom stereocenters. The Kier molecular flexibility index (Phi) is 5.71. The number of aryl methyl sites for hydroxylation is 2. The van der Waals surface area contributed by atoms with E-state index in [1.807, 2.05) is 48.7 Å². The molecule has 0 bridgehead atoms. The molecule has 0 saturated carbocycles. The molecule has 0 aliphatic heterocycles. The van der Waals surface area contributed by atoms with Crippen molar-refractivity contribution in [2.75, 3.05) is 0 Å². The number of amides is 1. The molecule has 6 heteroatoms. The number of para-hydroxylation sites is 3. The van der Waals surface area contributed by atoms with Gasteiger partial charge in [-0.3, -0.25) is 9.36 Å². The highest BCUT2D eigenvalue weighted by Gasteiger charge is 2.18. The number of carbonyl (C=O) groups excluding carboxylic acids is 1. The fraction of sp³-hybridized carbons (Fsp3) is 0.261. The Morgan fingerprint density at radius 3 is 2.59 bits per heavy atom. The van der Waals surface area contributed by atoms with Crippen molar-refractivity contribution in [2.45, 2.75) is 39.2 Å². The zero-order valence-corrected chi connectivity index (χ0v) is 17.4. The number of benzene rings is 2. The van der Waals surface area contributed by atoms with E-state index in [0.717, 1.165) is 39.7 Å². The Morgan fingerprint density at radius 2 is 1.86 bits per heavy atom. The lowest BCUT2D eigenvalue weighted by molar-refractivity contribution is -0.121. The van der Waals surface area contributed by atoms with E-state index in [4.69, 9.17) is 4.98 Å². The van der Waals surface area contributed by atoms with Gasteiger partial charge in [0.05, 0.1) is 17.1 Å². The van der Waals surface area contributed by atoms with Crippen LogP contribution in [-0.4, -0.2) is 20.4 Å². The van der Waals surface area contributed by atoms with Crippen molar-refractivity contribution in [3.63, 3.8) is 0 Å². The Hall–Kier alpha value is -2.99. The van der Waals surface area contributed by atoms with Crippen LogP contribution < -0.4 is 5.32 Å². The molecule has 1 amide bonds. The van der Waals surface area contributed by atoms with Crippen molar-refractivity contribution in [3.05, 3.63) is 76.5 Å². The Labute approximate surface area is 174 Å². The van der Waals surface area contributed by atoms with Crippen molar-refractivity contribution in [1.29, 1.82) is 0 Å². The number of aromatic nitrogens is 3. The highest BCUT2D eigenvalue weighted by molar-refractivity contribution is 7.09. The molecule has 1 N–H and O–H groups in total. The monoisotopic (exact) mass is 404 g/mol. The van der Waals surface area contributed by atoms with Crippen LogP contribution in [0, 0.1) is 6.92 Å². The van der Waals surface area contributed by atoms with Gasteiger partial charge in [-0.2, -0.15) is 0 Å². The average Bonchev–Trinajstić information content (AvgIpc) is 3.34. The quantitative estimate of drug-likeness (QED) is 0.472. The van der Waals surface area contributed by atoms with Gasteiger partial charge in [0.25, 0.3) is 0 Å². The summed E-state index contributed by atoms with van der Waals surface area (Å²) >= 11 is 1.60. The lowest BCUT2D eigenvalue weighted by atomic mass is 10.2. The maximum atomic E-state index is 12.7. The maximum Gasteiger partial charge on any atom is 0.221 e. The molecular formula is C23H24N4OS. The molecule has 1 unspecified atom stereocenters. The number of hydrogen-bond donors (Lipinski definition) is 1. The molecule has 2 aromatic carbocycles. The summed E-state index contributed by atoms with van der Waals surface area (Å²) in [5.74, 6) is 0.919. The van der Waals surface area contributed by atoms with E-state index >= 15 is 0 Å². The van der Waals surface area contributed by atoms with Gasteiger partial charge in [-0.25, -0.2) is 9.97 Å². The van der Waals surface area contributed by atoms with Gasteiger partial charge in [0, 0.05) is 29.6 Å². The summed E-state index contributed by atoms with van der Waals surface area (Å²) in [6.45, 7) is 4.04. The van der Waals surface area contributed by atoms with Gasteiger partial charge < -0.3 is 5.32 Å². The number of rotatable bonds is 7. The van der Waals surface area contributed by atoms with E-state index in [0.29, 0.717) is 12.8 Å². The predicted molar refractivity (Wildman–Crippen MR) is 117 cm³/mol. The maximum absolute atomic E-state index is 12.7. The summed E-state index contributed by atoms with van der Waals surface area (Å²) in [4.78, 5) is 22.0. The topological polar surface area (TPSA) is 59.8 Å². The lowest BCUT2D eigenvalue weighted by Gasteiger charge is -2.15. The molecule has 0 spiro atoms. The Bertz CT molecular complexity index is 1120. The fourth-order valence-electron chi connectivity index (χ4n) is 3.47. The summed E-state index contributed by atoms with van der Waals surface area (Å²) < 4.78 is 2.14. The van der Waals surface area contributed by atoms with Crippen molar-refractivity contribution >= 4 is 28.3 Å². The second-order valence-corrected chi connectivity index (χ2v) is 7.93. The van der Waals surface area contributed by atoms with Gasteiger partial charge in [0.2, 0.25) is 5.91 Å². The van der Waals surface area contributed by atoms with Crippen LogP contribution in [0.4, 0.5) is 0 Å². The third-order valence-electron chi connectivity index (χ3n) is 4.90. The van der Waals surface area contributed by atoms with Crippen LogP contribution in [0.25, 0.3) is 16.7 Å². The summed E-state index contributed by atoms with van der Waals surface area (Å²) in [7, 11) is 0. The summed E-state index contributed by atoms with van der Waals surface area (Å²) in [5.41, 5.74) is 4.05. The molecule has 0 aliphatic carbocycles. The summed E-state index contributed by atoms with van der Waals surface area (Å²) in [6, 6.07) is 18.2. The van der Waals surface area contributed by atoms with Crippen molar-refractivity contribution in [1.82, 2.24) is 19.9 Å². The van der Waals surface area contributed by atoms with Gasteiger partial charge in [0.1, 0.15) is 10.8 Å². The fourth-order valence-corrected chi connectivity index (χ4v) is 4.40. The third kappa shape index (κ3) is 4.22. The van der Waals surface area contributed by atoms with E-state index in [-0.39, 0.29) is 11.9 Å². The van der Waals surface area contributed by atoms with Crippen LogP contribution in [0.3, 0.4) is 0 Å². The summed E-state index contributed by atoms with van der Waals surface area (Å²) in [5, 5.41) is 6.12. The van der Waals surface area contributed by atoms with E-state index in [2.05, 4.69) is 40.0 Å². The number of nitrogens with one attached hydrogen (secondary N) is 1. The highest BCUT2D eigenvalue weighted by Crippen LogP contribution is 2.23. The molecule has 0 fully saturated rings. The zero-order valence-electron chi connectivity index (χ0n) is 16.6. The van der Waals surface area contributed by atoms with Crippen LogP contribution >= 0.6 is 11.3 Å². The highest BCUT2D eigenvalue weighted by atomic mass is 32.1. The average molecular weight is 405 g/mol. The SMILES string of the molecule is CCC(NC(=O)CCc1nc2ccccc2n1-c1ccccc1)c1nc(C)cs1. The number of carbonyl (C=O) groups is 1. The minimum atomic E-state index is -0.0332. The van der Waals surface area contributed by atoms with Gasteiger partial charge in [-0.15, -0.1) is 11.3 Å². The van der Waals surface area contributed by atoms with E-state index in [1.54, 1.807) is 11.3 Å². The number of fused-ring (bicyclic) bond motifs is 1. The lowest BCUT2D eigenvalue weighted by Crippen LogP contribution is -2.28. The van der Waals surface area contributed by atoms with Gasteiger partial charge in [-0.1, -0.05) is 37.3 Å². The first-order valence-corrected chi connectivity index (χ1v) is 10.8. The Morgan fingerprint density at radius 1 is 1.10 bits per heavy atom. The minimum absolute atomic E-state index is 0.0244. The minimum Gasteiger partial charge on any atom is -0.347 e. The van der Waals surface area contributed by atoms with Gasteiger partial charge in [0.15, 0.2) is 0 Å². The predicted octanol–water partition coefficient (Wildman–Crippen LogP) is 4.99. The normalized spacial score (nSPS) is 12.2. The standard InChI is InChI=1S/C23H24N4OS/c1-3-18(23-24-16(2)15-29-23)26-22(28)14-13-21-25-19-11-7-8-12-20(19)27(21)17-9-5-4-6-10-17/h4-12,15,18H,3,13-14H2,1-2H3,(H,26,28). The first-order valence-electron chi connectivity index (χ1n) is 9.89. The molecule has 5 nitrogen and oxygen atoms in total. The number of hydrogen-bond acceptors (Lipinski definition) is 4. The first kappa shape index (κ1) is 19.3. The molecule has 4 rings (SSSR count). The molecule has 0 aliphatic rings. The first-order chi connectivity index (χ1) is 14.2. The van der Waals surface area contributed by atoms with Crippen LogP contribution in [0.2, 0.25) is 0 Å². The van der Waals surface area contributed by atoms with E-state index in [1.165, 1.54) is 0 Å². The van der Waals surface area contributed by atoms with E-state index < -0.39 is 0 Å². The van der Waals surface area contributed by atoms with Crippen molar-refractivity contribution in [3.8, 4) is 5.69 Å². The van der Waals surface area contributed by atoms with E-state index in [9.17, 15) is 4.79 Å². The molecule has 0 radical (unpaired) electrons. The van der Waals surface area contributed by atoms with Crippen LogP contribution in [0.5, 0.6) is 0 Å². The van der Waals surface area contributed by atoms with Gasteiger partial charge >= 0.3 is 0 Å². The molecule has 2 heterocycles. The molecule has 2 aromatic heterocycles. The third-order valence-corrected chi connectivity index (χ3v) is 5.97. The molecular weight excluding hydrogens is 380 g/mol. The smallest absolute Gasteiger partial charge is 0.221 e. The van der Waals surface area contributed by atoms with Crippen LogP contribution in [0.15, 0.2) is 60.0 Å². The van der Waals surface area contributed by atoms with Crippen molar-refractivity contribution in [2.24, 2.45) is 0 Å². The zero-order chi connectivity index (χ0) is 20.2. The number of nitrogens with zero attached hydrogens (tertiary/aromatic N) is 3.